The van der Waals surface area contributed by atoms with Gasteiger partial charge in [0, 0.05) is 31.2 Å². The van der Waals surface area contributed by atoms with Crippen LogP contribution in [0.4, 0.5) is 5.69 Å². The van der Waals surface area contributed by atoms with Crippen LogP contribution in [0.3, 0.4) is 0 Å². The molecule has 3 heterocycles. The average Bonchev–Trinajstić information content (AvgIpc) is 2.97. The van der Waals surface area contributed by atoms with Crippen molar-refractivity contribution in [2.75, 3.05) is 38.5 Å². The molecule has 0 spiro atoms. The number of pyridine rings is 1. The van der Waals surface area contributed by atoms with E-state index in [2.05, 4.69) is 14.8 Å². The zero-order valence-electron chi connectivity index (χ0n) is 12.3. The normalized spacial score (nSPS) is 25.1. The van der Waals surface area contributed by atoms with E-state index >= 15 is 0 Å². The van der Waals surface area contributed by atoms with Crippen molar-refractivity contribution in [2.24, 2.45) is 0 Å². The second-order valence-corrected chi connectivity index (χ2v) is 6.17. The highest BCUT2D eigenvalue weighted by Gasteiger charge is 2.27. The third kappa shape index (κ3) is 3.49. The van der Waals surface area contributed by atoms with Gasteiger partial charge in [-0.15, -0.1) is 0 Å². The van der Waals surface area contributed by atoms with Gasteiger partial charge in [-0.3, -0.25) is 9.88 Å². The van der Waals surface area contributed by atoms with E-state index in [4.69, 9.17) is 5.73 Å². The zero-order valence-corrected chi connectivity index (χ0v) is 12.3. The van der Waals surface area contributed by atoms with Gasteiger partial charge in [0.1, 0.15) is 0 Å². The van der Waals surface area contributed by atoms with Crippen molar-refractivity contribution in [2.45, 2.75) is 38.1 Å². The summed E-state index contributed by atoms with van der Waals surface area (Å²) >= 11 is 0. The van der Waals surface area contributed by atoms with E-state index in [0.29, 0.717) is 0 Å². The summed E-state index contributed by atoms with van der Waals surface area (Å²) in [6.45, 7) is 6.25. The van der Waals surface area contributed by atoms with E-state index in [0.717, 1.165) is 30.4 Å². The SMILES string of the molecule is Nc1ccc(CCN2CCC(N3CCCCC3)C2)nc1. The number of hydrogen-bond acceptors (Lipinski definition) is 4. The predicted octanol–water partition coefficient (Wildman–Crippen LogP) is 1.77. The highest BCUT2D eigenvalue weighted by Crippen LogP contribution is 2.20. The number of nitrogens with two attached hydrogens (primary N) is 1. The van der Waals surface area contributed by atoms with Crippen LogP contribution < -0.4 is 5.73 Å². The van der Waals surface area contributed by atoms with Gasteiger partial charge in [-0.2, -0.15) is 0 Å². The maximum atomic E-state index is 5.67. The Bertz CT molecular complexity index is 411. The van der Waals surface area contributed by atoms with Crippen molar-refractivity contribution in [1.29, 1.82) is 0 Å². The van der Waals surface area contributed by atoms with Crippen LogP contribution in [-0.4, -0.2) is 53.5 Å². The first-order valence-electron chi connectivity index (χ1n) is 7.98. The van der Waals surface area contributed by atoms with Crippen molar-refractivity contribution in [3.05, 3.63) is 24.0 Å². The summed E-state index contributed by atoms with van der Waals surface area (Å²) in [7, 11) is 0. The maximum absolute atomic E-state index is 5.67. The first-order valence-corrected chi connectivity index (χ1v) is 7.98. The summed E-state index contributed by atoms with van der Waals surface area (Å²) in [5.74, 6) is 0. The number of rotatable bonds is 4. The molecule has 2 N–H and O–H groups in total. The van der Waals surface area contributed by atoms with Gasteiger partial charge in [-0.1, -0.05) is 6.42 Å². The van der Waals surface area contributed by atoms with Gasteiger partial charge in [-0.25, -0.2) is 0 Å². The van der Waals surface area contributed by atoms with E-state index in [9.17, 15) is 0 Å². The minimum atomic E-state index is 0.750. The van der Waals surface area contributed by atoms with Gasteiger partial charge in [0.15, 0.2) is 0 Å². The molecule has 2 fully saturated rings. The lowest BCUT2D eigenvalue weighted by atomic mass is 10.1. The van der Waals surface area contributed by atoms with E-state index in [1.54, 1.807) is 6.20 Å². The summed E-state index contributed by atoms with van der Waals surface area (Å²) in [5.41, 5.74) is 7.57. The first kappa shape index (κ1) is 13.8. The monoisotopic (exact) mass is 274 g/mol. The van der Waals surface area contributed by atoms with Crippen LogP contribution in [0.15, 0.2) is 18.3 Å². The Morgan fingerprint density at radius 2 is 2.00 bits per heavy atom. The molecule has 0 aliphatic carbocycles. The molecule has 0 radical (unpaired) electrons. The molecule has 2 aliphatic rings. The number of anilines is 1. The smallest absolute Gasteiger partial charge is 0.0501 e. The van der Waals surface area contributed by atoms with Crippen LogP contribution in [0.2, 0.25) is 0 Å². The first-order chi connectivity index (χ1) is 9.81. The third-order valence-electron chi connectivity index (χ3n) is 4.69. The second kappa shape index (κ2) is 6.55. The molecule has 20 heavy (non-hydrogen) atoms. The summed E-state index contributed by atoms with van der Waals surface area (Å²) in [4.78, 5) is 9.69. The number of aromatic nitrogens is 1. The Balaban J connectivity index is 1.44. The average molecular weight is 274 g/mol. The highest BCUT2D eigenvalue weighted by molar-refractivity contribution is 5.34. The fourth-order valence-electron chi connectivity index (χ4n) is 3.45. The quantitative estimate of drug-likeness (QED) is 0.909. The third-order valence-corrected chi connectivity index (χ3v) is 4.69. The molecule has 4 nitrogen and oxygen atoms in total. The summed E-state index contributed by atoms with van der Waals surface area (Å²) in [6.07, 6.45) is 8.35. The topological polar surface area (TPSA) is 45.4 Å². The largest absolute Gasteiger partial charge is 0.397 e. The minimum Gasteiger partial charge on any atom is -0.397 e. The van der Waals surface area contributed by atoms with Crippen LogP contribution in [0.5, 0.6) is 0 Å². The Morgan fingerprint density at radius 1 is 1.15 bits per heavy atom. The molecule has 3 rings (SSSR count). The van der Waals surface area contributed by atoms with E-state index in [-0.39, 0.29) is 0 Å². The molecule has 4 heteroatoms. The van der Waals surface area contributed by atoms with Crippen molar-refractivity contribution in [1.82, 2.24) is 14.8 Å². The van der Waals surface area contributed by atoms with Crippen LogP contribution in [-0.2, 0) is 6.42 Å². The lowest BCUT2D eigenvalue weighted by molar-refractivity contribution is 0.162. The molecule has 0 amide bonds. The van der Waals surface area contributed by atoms with Gasteiger partial charge in [0.2, 0.25) is 0 Å². The lowest BCUT2D eigenvalue weighted by Crippen LogP contribution is -2.41. The molecule has 0 bridgehead atoms. The number of nitrogen functional groups attached to an aromatic ring is 1. The van der Waals surface area contributed by atoms with Crippen molar-refractivity contribution < 1.29 is 0 Å². The molecular formula is C16H26N4. The van der Waals surface area contributed by atoms with Crippen LogP contribution in [0.1, 0.15) is 31.4 Å². The molecule has 2 saturated heterocycles. The van der Waals surface area contributed by atoms with Gasteiger partial charge >= 0.3 is 0 Å². The van der Waals surface area contributed by atoms with Gasteiger partial charge in [-0.05, 0) is 51.0 Å². The minimum absolute atomic E-state index is 0.750. The van der Waals surface area contributed by atoms with Crippen molar-refractivity contribution >= 4 is 5.69 Å². The van der Waals surface area contributed by atoms with E-state index < -0.39 is 0 Å². The van der Waals surface area contributed by atoms with E-state index in [1.165, 1.54) is 51.9 Å². The predicted molar refractivity (Wildman–Crippen MR) is 82.6 cm³/mol. The molecule has 110 valence electrons. The molecule has 0 saturated carbocycles. The Hall–Kier alpha value is -1.13. The van der Waals surface area contributed by atoms with Crippen molar-refractivity contribution in [3.63, 3.8) is 0 Å². The fourth-order valence-corrected chi connectivity index (χ4v) is 3.45. The Kier molecular flexibility index (Phi) is 4.53. The summed E-state index contributed by atoms with van der Waals surface area (Å²) < 4.78 is 0. The molecular weight excluding hydrogens is 248 g/mol. The summed E-state index contributed by atoms with van der Waals surface area (Å²) in [6, 6.07) is 4.80. The zero-order chi connectivity index (χ0) is 13.8. The van der Waals surface area contributed by atoms with Crippen LogP contribution in [0, 0.1) is 0 Å². The molecule has 1 aromatic rings. The number of nitrogens with zero attached hydrogens (tertiary/aromatic N) is 3. The van der Waals surface area contributed by atoms with Gasteiger partial charge < -0.3 is 10.6 Å². The van der Waals surface area contributed by atoms with Crippen LogP contribution in [0.25, 0.3) is 0 Å². The molecule has 0 aromatic carbocycles. The molecule has 2 aliphatic heterocycles. The van der Waals surface area contributed by atoms with Crippen LogP contribution >= 0.6 is 0 Å². The molecule has 1 aromatic heterocycles. The Labute approximate surface area is 122 Å². The number of likely N-dealkylation sites (tertiary alicyclic amines) is 2. The highest BCUT2D eigenvalue weighted by atomic mass is 15.3. The van der Waals surface area contributed by atoms with Gasteiger partial charge in [0.05, 0.1) is 11.9 Å². The van der Waals surface area contributed by atoms with E-state index in [1.807, 2.05) is 12.1 Å². The molecule has 1 atom stereocenters. The second-order valence-electron chi connectivity index (χ2n) is 6.17. The number of piperidine rings is 1. The summed E-state index contributed by atoms with van der Waals surface area (Å²) in [5, 5.41) is 0. The Morgan fingerprint density at radius 3 is 2.75 bits per heavy atom. The molecule has 1 unspecified atom stereocenters. The van der Waals surface area contributed by atoms with Crippen molar-refractivity contribution in [3.8, 4) is 0 Å². The lowest BCUT2D eigenvalue weighted by Gasteiger charge is -2.32. The number of hydrogen-bond donors (Lipinski definition) is 1. The standard InChI is InChI=1S/C16H26N4/c17-14-4-5-15(18-12-14)6-10-19-11-7-16(13-19)20-8-2-1-3-9-20/h4-5,12,16H,1-3,6-11,13,17H2. The fraction of sp³-hybridized carbons (Fsp3) is 0.688. The maximum Gasteiger partial charge on any atom is 0.0501 e. The van der Waals surface area contributed by atoms with Gasteiger partial charge in [0.25, 0.3) is 0 Å².